The summed E-state index contributed by atoms with van der Waals surface area (Å²) in [5.41, 5.74) is 3.38. The number of anilines is 1. The molecule has 0 aliphatic carbocycles. The molecule has 1 aliphatic rings. The highest BCUT2D eigenvalue weighted by Gasteiger charge is 2.24. The zero-order valence-corrected chi connectivity index (χ0v) is 18.0. The van der Waals surface area contributed by atoms with Gasteiger partial charge in [-0.1, -0.05) is 60.7 Å². The number of quaternary nitrogens is 1. The van der Waals surface area contributed by atoms with Crippen molar-refractivity contribution in [2.24, 2.45) is 0 Å². The third-order valence-corrected chi connectivity index (χ3v) is 5.89. The number of nitrogens with zero attached hydrogens (tertiary/aromatic N) is 1. The molecule has 31 heavy (non-hydrogen) atoms. The van der Waals surface area contributed by atoms with Crippen LogP contribution in [0.3, 0.4) is 0 Å². The standard InChI is InChI=1S/C26H29N3O2/c1-31-24-14-12-22(13-15-24)26(21-8-4-2-5-9-21)27-25(30)20-28-16-18-29(19-17-28)23-10-6-3-7-11-23/h2-15,26H,16-20H2,1H3,(H,27,30)/p+1/t26-/m1/s1. The van der Waals surface area contributed by atoms with E-state index >= 15 is 0 Å². The van der Waals surface area contributed by atoms with E-state index in [2.05, 4.69) is 46.6 Å². The highest BCUT2D eigenvalue weighted by atomic mass is 16.5. The molecule has 1 heterocycles. The fraction of sp³-hybridized carbons (Fsp3) is 0.269. The molecule has 0 saturated carbocycles. The number of methoxy groups -OCH3 is 1. The zero-order valence-electron chi connectivity index (χ0n) is 18.0. The second-order valence-electron chi connectivity index (χ2n) is 7.93. The quantitative estimate of drug-likeness (QED) is 0.621. The van der Waals surface area contributed by atoms with Gasteiger partial charge in [0.2, 0.25) is 0 Å². The van der Waals surface area contributed by atoms with E-state index in [4.69, 9.17) is 4.74 Å². The lowest BCUT2D eigenvalue weighted by atomic mass is 9.98. The van der Waals surface area contributed by atoms with Crippen molar-refractivity contribution in [3.05, 3.63) is 96.1 Å². The largest absolute Gasteiger partial charge is 0.497 e. The van der Waals surface area contributed by atoms with Crippen LogP contribution in [0.25, 0.3) is 0 Å². The van der Waals surface area contributed by atoms with Crippen LogP contribution in [-0.4, -0.2) is 45.7 Å². The van der Waals surface area contributed by atoms with Gasteiger partial charge >= 0.3 is 0 Å². The van der Waals surface area contributed by atoms with Crippen LogP contribution in [0, 0.1) is 0 Å². The molecule has 0 aromatic heterocycles. The summed E-state index contributed by atoms with van der Waals surface area (Å²) >= 11 is 0. The molecular formula is C26H30N3O2+. The summed E-state index contributed by atoms with van der Waals surface area (Å²) in [5, 5.41) is 3.26. The second kappa shape index (κ2) is 10.1. The average molecular weight is 417 g/mol. The fourth-order valence-corrected chi connectivity index (χ4v) is 4.14. The molecule has 1 aliphatic heterocycles. The van der Waals surface area contributed by atoms with Gasteiger partial charge in [-0.3, -0.25) is 4.79 Å². The van der Waals surface area contributed by atoms with Crippen molar-refractivity contribution < 1.29 is 14.4 Å². The van der Waals surface area contributed by atoms with Gasteiger partial charge in [-0.2, -0.15) is 0 Å². The molecule has 0 unspecified atom stereocenters. The van der Waals surface area contributed by atoms with E-state index in [-0.39, 0.29) is 11.9 Å². The fourth-order valence-electron chi connectivity index (χ4n) is 4.14. The number of piperazine rings is 1. The third-order valence-electron chi connectivity index (χ3n) is 5.89. The summed E-state index contributed by atoms with van der Waals surface area (Å²) in [5.74, 6) is 0.885. The summed E-state index contributed by atoms with van der Waals surface area (Å²) in [4.78, 5) is 16.7. The lowest BCUT2D eigenvalue weighted by Gasteiger charge is -2.33. The van der Waals surface area contributed by atoms with Gasteiger partial charge in [-0.15, -0.1) is 0 Å². The molecular weight excluding hydrogens is 386 g/mol. The van der Waals surface area contributed by atoms with Crippen molar-refractivity contribution in [2.75, 3.05) is 44.7 Å². The monoisotopic (exact) mass is 416 g/mol. The van der Waals surface area contributed by atoms with Crippen molar-refractivity contribution in [3.8, 4) is 5.75 Å². The first kappa shape index (κ1) is 20.9. The molecule has 0 spiro atoms. The zero-order chi connectivity index (χ0) is 21.5. The van der Waals surface area contributed by atoms with Crippen molar-refractivity contribution in [1.29, 1.82) is 0 Å². The number of amides is 1. The van der Waals surface area contributed by atoms with Crippen molar-refractivity contribution in [1.82, 2.24) is 5.32 Å². The maximum Gasteiger partial charge on any atom is 0.275 e. The van der Waals surface area contributed by atoms with Crippen molar-refractivity contribution in [2.45, 2.75) is 6.04 Å². The van der Waals surface area contributed by atoms with E-state index in [1.807, 2.05) is 48.5 Å². The number of ether oxygens (including phenoxy) is 1. The molecule has 160 valence electrons. The molecule has 1 amide bonds. The molecule has 1 atom stereocenters. The van der Waals surface area contributed by atoms with Crippen LogP contribution in [0.15, 0.2) is 84.9 Å². The number of para-hydroxylation sites is 1. The summed E-state index contributed by atoms with van der Waals surface area (Å²) in [7, 11) is 1.66. The van der Waals surface area contributed by atoms with Gasteiger partial charge < -0.3 is 19.9 Å². The van der Waals surface area contributed by atoms with Crippen LogP contribution in [0.2, 0.25) is 0 Å². The molecule has 4 rings (SSSR count). The lowest BCUT2D eigenvalue weighted by Crippen LogP contribution is -3.16. The number of hydrogen-bond donors (Lipinski definition) is 2. The molecule has 5 heteroatoms. The number of rotatable bonds is 7. The molecule has 1 fully saturated rings. The Morgan fingerprint density at radius 2 is 1.48 bits per heavy atom. The molecule has 1 saturated heterocycles. The number of carbonyl (C=O) groups is 1. The Bertz CT molecular complexity index is 953. The summed E-state index contributed by atoms with van der Waals surface area (Å²) in [6.07, 6.45) is 0. The Labute approximate surface area is 184 Å². The first-order chi connectivity index (χ1) is 15.2. The minimum atomic E-state index is -0.176. The van der Waals surface area contributed by atoms with E-state index in [0.717, 1.165) is 43.1 Å². The van der Waals surface area contributed by atoms with Crippen LogP contribution in [0.1, 0.15) is 17.2 Å². The van der Waals surface area contributed by atoms with E-state index in [0.29, 0.717) is 6.54 Å². The van der Waals surface area contributed by atoms with Gasteiger partial charge in [0.25, 0.3) is 5.91 Å². The topological polar surface area (TPSA) is 46.0 Å². The highest BCUT2D eigenvalue weighted by Crippen LogP contribution is 2.24. The number of nitrogens with one attached hydrogen (secondary N) is 2. The van der Waals surface area contributed by atoms with Gasteiger partial charge in [0.1, 0.15) is 5.75 Å². The number of benzene rings is 3. The van der Waals surface area contributed by atoms with Crippen LogP contribution in [0.4, 0.5) is 5.69 Å². The van der Waals surface area contributed by atoms with Gasteiger partial charge in [-0.05, 0) is 35.4 Å². The maximum absolute atomic E-state index is 13.0. The number of carbonyl (C=O) groups excluding carboxylic acids is 1. The summed E-state index contributed by atoms with van der Waals surface area (Å²) in [6.45, 7) is 4.34. The SMILES string of the molecule is COc1ccc([C@H](NC(=O)C[NH+]2CCN(c3ccccc3)CC2)c2ccccc2)cc1. The van der Waals surface area contributed by atoms with Gasteiger partial charge in [0.05, 0.1) is 39.3 Å². The predicted octanol–water partition coefficient (Wildman–Crippen LogP) is 2.31. The van der Waals surface area contributed by atoms with E-state index in [9.17, 15) is 4.79 Å². The average Bonchev–Trinajstić information content (AvgIpc) is 2.84. The van der Waals surface area contributed by atoms with Gasteiger partial charge in [0, 0.05) is 5.69 Å². The first-order valence-corrected chi connectivity index (χ1v) is 10.8. The normalized spacial score (nSPS) is 15.3. The minimum Gasteiger partial charge on any atom is -0.497 e. The van der Waals surface area contributed by atoms with Crippen LogP contribution >= 0.6 is 0 Å². The second-order valence-corrected chi connectivity index (χ2v) is 7.93. The molecule has 3 aromatic carbocycles. The Morgan fingerprint density at radius 3 is 2.10 bits per heavy atom. The Hall–Kier alpha value is -3.31. The number of hydrogen-bond acceptors (Lipinski definition) is 3. The molecule has 0 radical (unpaired) electrons. The molecule has 2 N–H and O–H groups in total. The lowest BCUT2D eigenvalue weighted by molar-refractivity contribution is -0.892. The van der Waals surface area contributed by atoms with Crippen molar-refractivity contribution >= 4 is 11.6 Å². The van der Waals surface area contributed by atoms with E-state index in [1.165, 1.54) is 10.6 Å². The molecule has 5 nitrogen and oxygen atoms in total. The van der Waals surface area contributed by atoms with Gasteiger partial charge in [-0.25, -0.2) is 0 Å². The van der Waals surface area contributed by atoms with Crippen LogP contribution in [-0.2, 0) is 4.79 Å². The van der Waals surface area contributed by atoms with Gasteiger partial charge in [0.15, 0.2) is 6.54 Å². The predicted molar refractivity (Wildman–Crippen MR) is 124 cm³/mol. The Kier molecular flexibility index (Phi) is 6.85. The Balaban J connectivity index is 1.39. The summed E-state index contributed by atoms with van der Waals surface area (Å²) < 4.78 is 5.28. The summed E-state index contributed by atoms with van der Waals surface area (Å²) in [6, 6.07) is 28.3. The highest BCUT2D eigenvalue weighted by molar-refractivity contribution is 5.78. The van der Waals surface area contributed by atoms with E-state index in [1.54, 1.807) is 7.11 Å². The minimum absolute atomic E-state index is 0.0767. The third kappa shape index (κ3) is 5.44. The Morgan fingerprint density at radius 1 is 0.903 bits per heavy atom. The van der Waals surface area contributed by atoms with E-state index < -0.39 is 0 Å². The smallest absolute Gasteiger partial charge is 0.275 e. The molecule has 3 aromatic rings. The maximum atomic E-state index is 13.0. The molecule has 0 bridgehead atoms. The van der Waals surface area contributed by atoms with Crippen LogP contribution < -0.4 is 19.9 Å². The van der Waals surface area contributed by atoms with Crippen molar-refractivity contribution in [3.63, 3.8) is 0 Å². The first-order valence-electron chi connectivity index (χ1n) is 10.8. The van der Waals surface area contributed by atoms with Crippen LogP contribution in [0.5, 0.6) is 5.75 Å².